The molecule has 0 saturated carbocycles. The predicted molar refractivity (Wildman–Crippen MR) is 76.6 cm³/mol. The van der Waals surface area contributed by atoms with Crippen molar-refractivity contribution in [2.75, 3.05) is 0 Å². The number of carboxylic acid groups (broad SMARTS) is 3. The Morgan fingerprint density at radius 2 is 1.36 bits per heavy atom. The molecular formula is C16H12O6. The van der Waals surface area contributed by atoms with Crippen LogP contribution in [0.3, 0.4) is 0 Å². The Balaban J connectivity index is 2.36. The summed E-state index contributed by atoms with van der Waals surface area (Å²) in [7, 11) is 0. The first-order chi connectivity index (χ1) is 10.4. The summed E-state index contributed by atoms with van der Waals surface area (Å²) in [6.07, 6.45) is 0.307. The number of benzene rings is 2. The quantitative estimate of drug-likeness (QED) is 0.781. The van der Waals surface area contributed by atoms with Crippen LogP contribution in [0.4, 0.5) is 0 Å². The van der Waals surface area contributed by atoms with E-state index in [-0.39, 0.29) is 16.7 Å². The molecule has 0 radical (unpaired) electrons. The van der Waals surface area contributed by atoms with Gasteiger partial charge < -0.3 is 15.3 Å². The lowest BCUT2D eigenvalue weighted by Crippen LogP contribution is -2.08. The van der Waals surface area contributed by atoms with Gasteiger partial charge in [0.2, 0.25) is 0 Å². The SMILES string of the molecule is O=C(O)c1cccc(Cc2ccc(C(=O)O)c(C(=O)O)c2)c1. The highest BCUT2D eigenvalue weighted by Crippen LogP contribution is 2.17. The maximum atomic E-state index is 11.1. The van der Waals surface area contributed by atoms with Crippen LogP contribution in [0.5, 0.6) is 0 Å². The molecule has 0 aliphatic carbocycles. The molecule has 0 aliphatic rings. The highest BCUT2D eigenvalue weighted by molar-refractivity contribution is 6.01. The summed E-state index contributed by atoms with van der Waals surface area (Å²) < 4.78 is 0. The van der Waals surface area contributed by atoms with Gasteiger partial charge in [-0.15, -0.1) is 0 Å². The second-order valence-electron chi connectivity index (χ2n) is 4.67. The third kappa shape index (κ3) is 3.29. The average molecular weight is 300 g/mol. The molecule has 0 saturated heterocycles. The Hall–Kier alpha value is -3.15. The van der Waals surface area contributed by atoms with Gasteiger partial charge in [-0.2, -0.15) is 0 Å². The van der Waals surface area contributed by atoms with Crippen LogP contribution in [0.2, 0.25) is 0 Å². The molecule has 22 heavy (non-hydrogen) atoms. The van der Waals surface area contributed by atoms with Crippen LogP contribution in [0, 0.1) is 0 Å². The van der Waals surface area contributed by atoms with Crippen LogP contribution in [0.1, 0.15) is 42.2 Å². The van der Waals surface area contributed by atoms with Crippen LogP contribution in [-0.2, 0) is 6.42 Å². The molecule has 0 bridgehead atoms. The zero-order valence-corrected chi connectivity index (χ0v) is 11.3. The minimum absolute atomic E-state index is 0.137. The van der Waals surface area contributed by atoms with Crippen molar-refractivity contribution in [2.24, 2.45) is 0 Å². The fourth-order valence-corrected chi connectivity index (χ4v) is 2.11. The maximum Gasteiger partial charge on any atom is 0.336 e. The van der Waals surface area contributed by atoms with Gasteiger partial charge in [0, 0.05) is 0 Å². The molecular weight excluding hydrogens is 288 g/mol. The molecule has 2 aromatic rings. The fraction of sp³-hybridized carbons (Fsp3) is 0.0625. The third-order valence-corrected chi connectivity index (χ3v) is 3.13. The third-order valence-electron chi connectivity index (χ3n) is 3.13. The van der Waals surface area contributed by atoms with E-state index in [1.807, 2.05) is 0 Å². The standard InChI is InChI=1S/C16H12O6/c17-14(18)11-3-1-2-9(7-11)6-10-4-5-12(15(19)20)13(8-10)16(21)22/h1-5,7-8H,6H2,(H,17,18)(H,19,20)(H,21,22). The zero-order chi connectivity index (χ0) is 16.3. The lowest BCUT2D eigenvalue weighted by atomic mass is 9.98. The van der Waals surface area contributed by atoms with Crippen molar-refractivity contribution in [1.82, 2.24) is 0 Å². The Morgan fingerprint density at radius 3 is 1.95 bits per heavy atom. The predicted octanol–water partition coefficient (Wildman–Crippen LogP) is 2.37. The van der Waals surface area contributed by atoms with E-state index in [0.717, 1.165) is 0 Å². The summed E-state index contributed by atoms with van der Waals surface area (Å²) in [5.41, 5.74) is 0.845. The van der Waals surface area contributed by atoms with E-state index in [1.165, 1.54) is 30.3 Å². The first-order valence-corrected chi connectivity index (χ1v) is 6.30. The Labute approximate surface area is 125 Å². The number of hydrogen-bond donors (Lipinski definition) is 3. The van der Waals surface area contributed by atoms with Gasteiger partial charge in [0.25, 0.3) is 0 Å². The van der Waals surface area contributed by atoms with Crippen molar-refractivity contribution in [3.8, 4) is 0 Å². The molecule has 6 nitrogen and oxygen atoms in total. The first-order valence-electron chi connectivity index (χ1n) is 6.30. The van der Waals surface area contributed by atoms with E-state index in [4.69, 9.17) is 15.3 Å². The molecule has 112 valence electrons. The molecule has 0 heterocycles. The summed E-state index contributed by atoms with van der Waals surface area (Å²) in [6.45, 7) is 0. The molecule has 0 spiro atoms. The number of rotatable bonds is 5. The van der Waals surface area contributed by atoms with E-state index < -0.39 is 17.9 Å². The van der Waals surface area contributed by atoms with Crippen molar-refractivity contribution < 1.29 is 29.7 Å². The second kappa shape index (κ2) is 6.09. The van der Waals surface area contributed by atoms with Gasteiger partial charge in [-0.05, 0) is 41.8 Å². The average Bonchev–Trinajstić information content (AvgIpc) is 2.47. The molecule has 6 heteroatoms. The van der Waals surface area contributed by atoms with Crippen LogP contribution < -0.4 is 0 Å². The van der Waals surface area contributed by atoms with E-state index in [1.54, 1.807) is 12.1 Å². The van der Waals surface area contributed by atoms with Gasteiger partial charge in [0.1, 0.15) is 0 Å². The monoisotopic (exact) mass is 300 g/mol. The van der Waals surface area contributed by atoms with Crippen LogP contribution in [0.15, 0.2) is 42.5 Å². The minimum atomic E-state index is -1.32. The zero-order valence-electron chi connectivity index (χ0n) is 11.3. The van der Waals surface area contributed by atoms with E-state index in [2.05, 4.69) is 0 Å². The molecule has 0 aliphatic heterocycles. The lowest BCUT2D eigenvalue weighted by Gasteiger charge is -2.07. The van der Waals surface area contributed by atoms with Gasteiger partial charge in [-0.25, -0.2) is 14.4 Å². The summed E-state index contributed by atoms with van der Waals surface area (Å²) in [5.74, 6) is -3.68. The highest BCUT2D eigenvalue weighted by atomic mass is 16.4. The van der Waals surface area contributed by atoms with Crippen LogP contribution in [0.25, 0.3) is 0 Å². The van der Waals surface area contributed by atoms with E-state index >= 15 is 0 Å². The number of aromatic carboxylic acids is 3. The number of hydrogen-bond acceptors (Lipinski definition) is 3. The fourth-order valence-electron chi connectivity index (χ4n) is 2.11. The van der Waals surface area contributed by atoms with Crippen molar-refractivity contribution in [3.63, 3.8) is 0 Å². The van der Waals surface area contributed by atoms with E-state index in [9.17, 15) is 14.4 Å². The first kappa shape index (κ1) is 15.2. The van der Waals surface area contributed by atoms with Gasteiger partial charge in [-0.1, -0.05) is 18.2 Å². The van der Waals surface area contributed by atoms with Crippen LogP contribution in [-0.4, -0.2) is 33.2 Å². The smallest absolute Gasteiger partial charge is 0.336 e. The molecule has 0 atom stereocenters. The topological polar surface area (TPSA) is 112 Å². The van der Waals surface area contributed by atoms with Gasteiger partial charge in [-0.3, -0.25) is 0 Å². The lowest BCUT2D eigenvalue weighted by molar-refractivity contribution is 0.0651. The van der Waals surface area contributed by atoms with Gasteiger partial charge in [0.15, 0.2) is 0 Å². The molecule has 0 unspecified atom stereocenters. The Morgan fingerprint density at radius 1 is 0.727 bits per heavy atom. The molecule has 0 fully saturated rings. The molecule has 0 aromatic heterocycles. The molecule has 3 N–H and O–H groups in total. The largest absolute Gasteiger partial charge is 0.478 e. The summed E-state index contributed by atoms with van der Waals surface area (Å²) in [5, 5.41) is 27.0. The van der Waals surface area contributed by atoms with E-state index in [0.29, 0.717) is 17.5 Å². The molecule has 2 aromatic carbocycles. The van der Waals surface area contributed by atoms with Crippen molar-refractivity contribution in [1.29, 1.82) is 0 Å². The van der Waals surface area contributed by atoms with Crippen LogP contribution >= 0.6 is 0 Å². The number of carbonyl (C=O) groups is 3. The van der Waals surface area contributed by atoms with Crippen molar-refractivity contribution >= 4 is 17.9 Å². The van der Waals surface area contributed by atoms with Crippen molar-refractivity contribution in [3.05, 3.63) is 70.3 Å². The summed E-state index contributed by atoms with van der Waals surface area (Å²) >= 11 is 0. The summed E-state index contributed by atoms with van der Waals surface area (Å²) in [4.78, 5) is 33.0. The Bertz CT molecular complexity index is 763. The highest BCUT2D eigenvalue weighted by Gasteiger charge is 2.16. The number of carboxylic acids is 3. The summed E-state index contributed by atoms with van der Waals surface area (Å²) in [6, 6.07) is 10.3. The normalized spacial score (nSPS) is 10.2. The molecule has 2 rings (SSSR count). The second-order valence-corrected chi connectivity index (χ2v) is 4.67. The maximum absolute atomic E-state index is 11.1. The van der Waals surface area contributed by atoms with Crippen molar-refractivity contribution in [2.45, 2.75) is 6.42 Å². The minimum Gasteiger partial charge on any atom is -0.478 e. The van der Waals surface area contributed by atoms with Gasteiger partial charge in [0.05, 0.1) is 16.7 Å². The molecule has 0 amide bonds. The van der Waals surface area contributed by atoms with Gasteiger partial charge >= 0.3 is 17.9 Å². The Kier molecular flexibility index (Phi) is 4.22.